The van der Waals surface area contributed by atoms with Gasteiger partial charge in [-0.1, -0.05) is 41.4 Å². The lowest BCUT2D eigenvalue weighted by atomic mass is 10.2. The summed E-state index contributed by atoms with van der Waals surface area (Å²) in [7, 11) is 0. The molecule has 0 saturated carbocycles. The van der Waals surface area contributed by atoms with Gasteiger partial charge in [-0.05, 0) is 36.4 Å². The lowest BCUT2D eigenvalue weighted by molar-refractivity contribution is 0.0941. The third-order valence-electron chi connectivity index (χ3n) is 4.39. The molecule has 2 N–H and O–H groups in total. The number of ether oxygens (including phenoxy) is 1. The summed E-state index contributed by atoms with van der Waals surface area (Å²) in [5.74, 6) is -1.18. The highest BCUT2D eigenvalue weighted by molar-refractivity contribution is 6.32. The number of carbonyl (C=O) groups excluding carboxylic acids is 1. The second kappa shape index (κ2) is 8.64. The predicted molar refractivity (Wildman–Crippen MR) is 115 cm³/mol. The van der Waals surface area contributed by atoms with E-state index in [2.05, 4.69) is 15.3 Å². The van der Waals surface area contributed by atoms with Gasteiger partial charge in [0.2, 0.25) is 0 Å². The SMILES string of the molecule is N#Cc1cc(Cl)cc(Oc2c(Cl)ccc(CNC(=O)c3nc4ccccc4[nH]3)c2F)c1. The maximum absolute atomic E-state index is 15.0. The lowest BCUT2D eigenvalue weighted by Crippen LogP contribution is -2.24. The van der Waals surface area contributed by atoms with Gasteiger partial charge in [-0.25, -0.2) is 9.37 Å². The van der Waals surface area contributed by atoms with E-state index in [0.29, 0.717) is 5.52 Å². The van der Waals surface area contributed by atoms with E-state index < -0.39 is 11.7 Å². The highest BCUT2D eigenvalue weighted by Gasteiger charge is 2.17. The molecule has 4 rings (SSSR count). The lowest BCUT2D eigenvalue weighted by Gasteiger charge is -2.13. The topological polar surface area (TPSA) is 90.8 Å². The number of H-pyrrole nitrogens is 1. The van der Waals surface area contributed by atoms with Gasteiger partial charge in [-0.3, -0.25) is 4.79 Å². The Labute approximate surface area is 186 Å². The van der Waals surface area contributed by atoms with Crippen LogP contribution < -0.4 is 10.1 Å². The minimum Gasteiger partial charge on any atom is -0.453 e. The van der Waals surface area contributed by atoms with Crippen LogP contribution in [0.3, 0.4) is 0 Å². The molecule has 4 aromatic rings. The van der Waals surface area contributed by atoms with Gasteiger partial charge in [-0.15, -0.1) is 0 Å². The van der Waals surface area contributed by atoms with Crippen molar-refractivity contribution in [3.05, 3.63) is 87.4 Å². The predicted octanol–water partition coefficient (Wildman–Crippen LogP) is 5.60. The molecule has 0 fully saturated rings. The molecule has 6 nitrogen and oxygen atoms in total. The zero-order valence-corrected chi connectivity index (χ0v) is 17.3. The fourth-order valence-electron chi connectivity index (χ4n) is 2.93. The smallest absolute Gasteiger partial charge is 0.287 e. The maximum Gasteiger partial charge on any atom is 0.287 e. The van der Waals surface area contributed by atoms with Gasteiger partial charge in [-0.2, -0.15) is 5.26 Å². The van der Waals surface area contributed by atoms with Gasteiger partial charge in [0.15, 0.2) is 17.4 Å². The highest BCUT2D eigenvalue weighted by Crippen LogP contribution is 2.35. The first kappa shape index (κ1) is 20.7. The summed E-state index contributed by atoms with van der Waals surface area (Å²) in [6, 6.07) is 16.4. The molecule has 154 valence electrons. The number of aromatic amines is 1. The zero-order valence-electron chi connectivity index (χ0n) is 15.7. The third-order valence-corrected chi connectivity index (χ3v) is 4.91. The van der Waals surface area contributed by atoms with Gasteiger partial charge in [0.1, 0.15) is 5.75 Å². The van der Waals surface area contributed by atoms with Crippen LogP contribution in [-0.4, -0.2) is 15.9 Å². The Bertz CT molecular complexity index is 1310. The Morgan fingerprint density at radius 1 is 1.19 bits per heavy atom. The molecule has 0 atom stereocenters. The molecule has 0 unspecified atom stereocenters. The third kappa shape index (κ3) is 4.45. The molecule has 0 aliphatic carbocycles. The Kier molecular flexibility index (Phi) is 5.76. The minimum absolute atomic E-state index is 0.0309. The summed E-state index contributed by atoms with van der Waals surface area (Å²) in [6.45, 7) is -0.117. The Morgan fingerprint density at radius 3 is 2.77 bits per heavy atom. The second-order valence-electron chi connectivity index (χ2n) is 6.52. The first-order valence-corrected chi connectivity index (χ1v) is 9.78. The quantitative estimate of drug-likeness (QED) is 0.410. The molecule has 9 heteroatoms. The molecule has 0 saturated heterocycles. The van der Waals surface area contributed by atoms with E-state index in [1.807, 2.05) is 18.2 Å². The Balaban J connectivity index is 1.54. The van der Waals surface area contributed by atoms with Crippen molar-refractivity contribution in [1.29, 1.82) is 5.26 Å². The molecule has 0 bridgehead atoms. The fourth-order valence-corrected chi connectivity index (χ4v) is 3.34. The highest BCUT2D eigenvalue weighted by atomic mass is 35.5. The average Bonchev–Trinajstić information content (AvgIpc) is 3.20. The standard InChI is InChI=1S/C22H13Cl2FN4O2/c23-14-7-12(10-26)8-15(9-14)31-20-16(24)6-5-13(19(20)25)11-27-22(30)21-28-17-3-1-2-4-18(17)29-21/h1-9H,11H2,(H,27,30)(H,28,29). The average molecular weight is 455 g/mol. The molecule has 1 heterocycles. The van der Waals surface area contributed by atoms with Crippen LogP contribution in [0.15, 0.2) is 54.6 Å². The van der Waals surface area contributed by atoms with E-state index in [1.165, 1.54) is 30.3 Å². The Hall–Kier alpha value is -3.60. The van der Waals surface area contributed by atoms with Crippen molar-refractivity contribution >= 4 is 40.1 Å². The fraction of sp³-hybridized carbons (Fsp3) is 0.0455. The van der Waals surface area contributed by atoms with E-state index in [4.69, 9.17) is 33.2 Å². The number of benzene rings is 3. The van der Waals surface area contributed by atoms with E-state index in [0.717, 1.165) is 5.52 Å². The van der Waals surface area contributed by atoms with Crippen LogP contribution in [0.4, 0.5) is 4.39 Å². The van der Waals surface area contributed by atoms with Crippen LogP contribution in [0.5, 0.6) is 11.5 Å². The van der Waals surface area contributed by atoms with Crippen LogP contribution in [0.25, 0.3) is 11.0 Å². The molecule has 31 heavy (non-hydrogen) atoms. The number of fused-ring (bicyclic) bond motifs is 1. The van der Waals surface area contributed by atoms with Crippen molar-refractivity contribution in [2.24, 2.45) is 0 Å². The molecule has 0 aliphatic rings. The first-order valence-electron chi connectivity index (χ1n) is 9.03. The molecule has 1 amide bonds. The van der Waals surface area contributed by atoms with Gasteiger partial charge in [0, 0.05) is 17.1 Å². The van der Waals surface area contributed by atoms with E-state index in [-0.39, 0.29) is 45.0 Å². The van der Waals surface area contributed by atoms with Crippen molar-refractivity contribution in [2.75, 3.05) is 0 Å². The number of para-hydroxylation sites is 2. The summed E-state index contributed by atoms with van der Waals surface area (Å²) in [6.07, 6.45) is 0. The van der Waals surface area contributed by atoms with Gasteiger partial charge >= 0.3 is 0 Å². The van der Waals surface area contributed by atoms with Crippen molar-refractivity contribution in [1.82, 2.24) is 15.3 Å². The van der Waals surface area contributed by atoms with Crippen molar-refractivity contribution in [3.8, 4) is 17.6 Å². The monoisotopic (exact) mass is 454 g/mol. The number of nitrogens with zero attached hydrogens (tertiary/aromatic N) is 2. The summed E-state index contributed by atoms with van der Waals surface area (Å²) in [5, 5.41) is 12.0. The summed E-state index contributed by atoms with van der Waals surface area (Å²) in [4.78, 5) is 19.5. The molecule has 0 spiro atoms. The number of halogens is 3. The van der Waals surface area contributed by atoms with Crippen LogP contribution in [-0.2, 0) is 6.54 Å². The number of nitrogens with one attached hydrogen (secondary N) is 2. The number of imidazole rings is 1. The number of amides is 1. The molecule has 0 radical (unpaired) electrons. The summed E-state index contributed by atoms with van der Waals surface area (Å²) < 4.78 is 20.6. The maximum atomic E-state index is 15.0. The van der Waals surface area contributed by atoms with Crippen LogP contribution >= 0.6 is 23.2 Å². The summed E-state index contributed by atoms with van der Waals surface area (Å²) >= 11 is 12.1. The zero-order chi connectivity index (χ0) is 22.0. The van der Waals surface area contributed by atoms with Gasteiger partial charge < -0.3 is 15.0 Å². The normalized spacial score (nSPS) is 10.6. The van der Waals surface area contributed by atoms with E-state index in [1.54, 1.807) is 12.1 Å². The Morgan fingerprint density at radius 2 is 2.00 bits per heavy atom. The van der Waals surface area contributed by atoms with Gasteiger partial charge in [0.25, 0.3) is 5.91 Å². The second-order valence-corrected chi connectivity index (χ2v) is 7.37. The van der Waals surface area contributed by atoms with E-state index >= 15 is 4.39 Å². The number of hydrogen-bond acceptors (Lipinski definition) is 4. The van der Waals surface area contributed by atoms with Crippen molar-refractivity contribution < 1.29 is 13.9 Å². The number of rotatable bonds is 5. The number of hydrogen-bond donors (Lipinski definition) is 2. The van der Waals surface area contributed by atoms with Crippen LogP contribution in [0.2, 0.25) is 10.0 Å². The molecule has 0 aliphatic heterocycles. The van der Waals surface area contributed by atoms with Gasteiger partial charge in [0.05, 0.1) is 27.7 Å². The molecular weight excluding hydrogens is 442 g/mol. The van der Waals surface area contributed by atoms with Crippen LogP contribution in [0, 0.1) is 17.1 Å². The molecule has 1 aromatic heterocycles. The van der Waals surface area contributed by atoms with Crippen molar-refractivity contribution in [3.63, 3.8) is 0 Å². The minimum atomic E-state index is -0.740. The number of nitriles is 1. The van der Waals surface area contributed by atoms with Crippen molar-refractivity contribution in [2.45, 2.75) is 6.54 Å². The number of carbonyl (C=O) groups is 1. The largest absolute Gasteiger partial charge is 0.453 e. The van der Waals surface area contributed by atoms with E-state index in [9.17, 15) is 4.79 Å². The molecule has 3 aromatic carbocycles. The summed E-state index contributed by atoms with van der Waals surface area (Å²) in [5.41, 5.74) is 1.79. The number of aromatic nitrogens is 2. The molecular formula is C22H13Cl2FN4O2. The van der Waals surface area contributed by atoms with Crippen LogP contribution in [0.1, 0.15) is 21.7 Å². The first-order chi connectivity index (χ1) is 14.9.